The van der Waals surface area contributed by atoms with Gasteiger partial charge in [0.25, 0.3) is 5.91 Å². The van der Waals surface area contributed by atoms with Gasteiger partial charge in [-0.15, -0.1) is 0 Å². The topological polar surface area (TPSA) is 76.1 Å². The minimum Gasteiger partial charge on any atom is -0.496 e. The molecule has 26 heavy (non-hydrogen) atoms. The molecule has 1 fully saturated rings. The summed E-state index contributed by atoms with van der Waals surface area (Å²) in [6.07, 6.45) is 9.71. The predicted molar refractivity (Wildman–Crippen MR) is 102 cm³/mol. The van der Waals surface area contributed by atoms with E-state index in [1.54, 1.807) is 13.3 Å². The summed E-state index contributed by atoms with van der Waals surface area (Å²) in [5.74, 6) is 1.41. The molecule has 1 aromatic carbocycles. The molecule has 0 aliphatic heterocycles. The van der Waals surface area contributed by atoms with Crippen LogP contribution in [0.5, 0.6) is 5.75 Å². The number of hydrogen-bond donors (Lipinski definition) is 2. The number of carbonyl (C=O) groups excluding carboxylic acids is 1. The van der Waals surface area contributed by atoms with Crippen molar-refractivity contribution in [2.75, 3.05) is 19.0 Å². The van der Waals surface area contributed by atoms with Crippen molar-refractivity contribution >= 4 is 11.7 Å². The zero-order chi connectivity index (χ0) is 18.2. The zero-order valence-electron chi connectivity index (χ0n) is 15.2. The van der Waals surface area contributed by atoms with Crippen molar-refractivity contribution in [3.8, 4) is 5.75 Å². The van der Waals surface area contributed by atoms with E-state index in [1.807, 2.05) is 24.3 Å². The summed E-state index contributed by atoms with van der Waals surface area (Å²) in [4.78, 5) is 20.8. The van der Waals surface area contributed by atoms with Crippen LogP contribution in [-0.4, -0.2) is 35.6 Å². The highest BCUT2D eigenvalue weighted by atomic mass is 16.5. The van der Waals surface area contributed by atoms with Crippen LogP contribution in [0.3, 0.4) is 0 Å². The van der Waals surface area contributed by atoms with E-state index in [2.05, 4.69) is 20.6 Å². The van der Waals surface area contributed by atoms with Gasteiger partial charge in [0.05, 0.1) is 19.5 Å². The summed E-state index contributed by atoms with van der Waals surface area (Å²) >= 11 is 0. The van der Waals surface area contributed by atoms with Crippen LogP contribution in [0, 0.1) is 0 Å². The Balaban J connectivity index is 1.48. The number of nitrogens with zero attached hydrogens (tertiary/aromatic N) is 2. The van der Waals surface area contributed by atoms with E-state index in [0.29, 0.717) is 18.1 Å². The molecular weight excluding hydrogens is 328 g/mol. The third kappa shape index (κ3) is 4.94. The minimum absolute atomic E-state index is 0.134. The van der Waals surface area contributed by atoms with Crippen molar-refractivity contribution in [3.05, 3.63) is 47.9 Å². The second-order valence-electron chi connectivity index (χ2n) is 6.58. The SMILES string of the molecule is COc1ccccc1CCNc1cnc(C(=O)NC2CCCCC2)cn1. The van der Waals surface area contributed by atoms with Gasteiger partial charge in [-0.1, -0.05) is 37.5 Å². The molecule has 0 radical (unpaired) electrons. The molecule has 1 amide bonds. The lowest BCUT2D eigenvalue weighted by Gasteiger charge is -2.22. The fraction of sp³-hybridized carbons (Fsp3) is 0.450. The van der Waals surface area contributed by atoms with Crippen LogP contribution in [-0.2, 0) is 6.42 Å². The van der Waals surface area contributed by atoms with E-state index < -0.39 is 0 Å². The third-order valence-electron chi connectivity index (χ3n) is 4.72. The summed E-state index contributed by atoms with van der Waals surface area (Å²) in [6, 6.07) is 8.23. The van der Waals surface area contributed by atoms with Crippen molar-refractivity contribution in [1.82, 2.24) is 15.3 Å². The van der Waals surface area contributed by atoms with Crippen LogP contribution < -0.4 is 15.4 Å². The van der Waals surface area contributed by atoms with Crippen LogP contribution >= 0.6 is 0 Å². The van der Waals surface area contributed by atoms with E-state index in [9.17, 15) is 4.79 Å². The van der Waals surface area contributed by atoms with E-state index in [0.717, 1.165) is 30.6 Å². The van der Waals surface area contributed by atoms with Gasteiger partial charge in [-0.2, -0.15) is 0 Å². The van der Waals surface area contributed by atoms with Crippen LogP contribution in [0.1, 0.15) is 48.2 Å². The number of amides is 1. The summed E-state index contributed by atoms with van der Waals surface area (Å²) in [7, 11) is 1.68. The third-order valence-corrected chi connectivity index (χ3v) is 4.72. The van der Waals surface area contributed by atoms with Gasteiger partial charge in [0, 0.05) is 12.6 Å². The molecule has 3 rings (SSSR count). The molecule has 1 saturated carbocycles. The zero-order valence-corrected chi connectivity index (χ0v) is 15.2. The van der Waals surface area contributed by atoms with Gasteiger partial charge in [-0.05, 0) is 30.9 Å². The van der Waals surface area contributed by atoms with Gasteiger partial charge in [-0.25, -0.2) is 9.97 Å². The monoisotopic (exact) mass is 354 g/mol. The first-order valence-corrected chi connectivity index (χ1v) is 9.25. The summed E-state index contributed by atoms with van der Waals surface area (Å²) in [5, 5.41) is 6.29. The van der Waals surface area contributed by atoms with Gasteiger partial charge in [0.1, 0.15) is 17.3 Å². The Morgan fingerprint density at radius 2 is 1.96 bits per heavy atom. The van der Waals surface area contributed by atoms with Crippen molar-refractivity contribution < 1.29 is 9.53 Å². The predicted octanol–water partition coefficient (Wildman–Crippen LogP) is 3.20. The molecule has 0 unspecified atom stereocenters. The van der Waals surface area contributed by atoms with Gasteiger partial charge >= 0.3 is 0 Å². The quantitative estimate of drug-likeness (QED) is 0.798. The summed E-state index contributed by atoms with van der Waals surface area (Å²) < 4.78 is 5.35. The summed E-state index contributed by atoms with van der Waals surface area (Å²) in [6.45, 7) is 0.711. The van der Waals surface area contributed by atoms with Crippen LogP contribution in [0.25, 0.3) is 0 Å². The molecule has 0 bridgehead atoms. The number of rotatable bonds is 7. The minimum atomic E-state index is -0.134. The van der Waals surface area contributed by atoms with E-state index >= 15 is 0 Å². The van der Waals surface area contributed by atoms with Gasteiger partial charge in [0.15, 0.2) is 0 Å². The molecule has 0 spiro atoms. The Morgan fingerprint density at radius 3 is 2.69 bits per heavy atom. The Labute approximate surface area is 154 Å². The Kier molecular flexibility index (Phi) is 6.41. The Hall–Kier alpha value is -2.63. The highest BCUT2D eigenvalue weighted by Gasteiger charge is 2.17. The highest BCUT2D eigenvalue weighted by Crippen LogP contribution is 2.18. The van der Waals surface area contributed by atoms with E-state index in [-0.39, 0.29) is 11.9 Å². The van der Waals surface area contributed by atoms with E-state index in [4.69, 9.17) is 4.74 Å². The fourth-order valence-corrected chi connectivity index (χ4v) is 3.28. The maximum absolute atomic E-state index is 12.2. The normalized spacial score (nSPS) is 14.7. The molecule has 6 nitrogen and oxygen atoms in total. The second-order valence-corrected chi connectivity index (χ2v) is 6.58. The standard InChI is InChI=1S/C20H26N4O2/c1-26-18-10-6-5-7-15(18)11-12-21-19-14-22-17(13-23-19)20(25)24-16-8-3-2-4-9-16/h5-7,10,13-14,16H,2-4,8-9,11-12H2,1H3,(H,21,23)(H,24,25). The number of aromatic nitrogens is 2. The fourth-order valence-electron chi connectivity index (χ4n) is 3.28. The Morgan fingerprint density at radius 1 is 1.15 bits per heavy atom. The number of nitrogens with one attached hydrogen (secondary N) is 2. The first-order valence-electron chi connectivity index (χ1n) is 9.25. The first-order chi connectivity index (χ1) is 12.8. The highest BCUT2D eigenvalue weighted by molar-refractivity contribution is 5.92. The molecule has 0 saturated heterocycles. The lowest BCUT2D eigenvalue weighted by atomic mass is 9.95. The number of hydrogen-bond acceptors (Lipinski definition) is 5. The number of methoxy groups -OCH3 is 1. The molecule has 0 atom stereocenters. The molecule has 2 aromatic rings. The number of para-hydroxylation sites is 1. The molecular formula is C20H26N4O2. The van der Waals surface area contributed by atoms with E-state index in [1.165, 1.54) is 25.5 Å². The lowest BCUT2D eigenvalue weighted by molar-refractivity contribution is 0.0922. The largest absolute Gasteiger partial charge is 0.496 e. The van der Waals surface area contributed by atoms with Gasteiger partial charge < -0.3 is 15.4 Å². The van der Waals surface area contributed by atoms with Crippen LogP contribution in [0.15, 0.2) is 36.7 Å². The first kappa shape index (κ1) is 18.2. The average Bonchev–Trinajstić information content (AvgIpc) is 2.69. The van der Waals surface area contributed by atoms with Gasteiger partial charge in [-0.3, -0.25) is 4.79 Å². The van der Waals surface area contributed by atoms with Crippen molar-refractivity contribution in [2.24, 2.45) is 0 Å². The number of carbonyl (C=O) groups is 1. The van der Waals surface area contributed by atoms with Gasteiger partial charge in [0.2, 0.25) is 0 Å². The Bertz CT molecular complexity index is 712. The molecule has 138 valence electrons. The molecule has 1 aromatic heterocycles. The maximum Gasteiger partial charge on any atom is 0.271 e. The lowest BCUT2D eigenvalue weighted by Crippen LogP contribution is -2.36. The number of ether oxygens (including phenoxy) is 1. The van der Waals surface area contributed by atoms with Crippen LogP contribution in [0.4, 0.5) is 5.82 Å². The second kappa shape index (κ2) is 9.17. The van der Waals surface area contributed by atoms with Crippen molar-refractivity contribution in [3.63, 3.8) is 0 Å². The molecule has 1 aliphatic rings. The van der Waals surface area contributed by atoms with Crippen LogP contribution in [0.2, 0.25) is 0 Å². The molecule has 1 aliphatic carbocycles. The van der Waals surface area contributed by atoms with Crippen molar-refractivity contribution in [2.45, 2.75) is 44.6 Å². The molecule has 2 N–H and O–H groups in total. The molecule has 6 heteroatoms. The smallest absolute Gasteiger partial charge is 0.271 e. The number of anilines is 1. The molecule has 1 heterocycles. The average molecular weight is 354 g/mol. The summed E-state index contributed by atoms with van der Waals surface area (Å²) in [5.41, 5.74) is 1.50. The number of benzene rings is 1. The van der Waals surface area contributed by atoms with Crippen molar-refractivity contribution in [1.29, 1.82) is 0 Å². The maximum atomic E-state index is 12.2.